The summed E-state index contributed by atoms with van der Waals surface area (Å²) in [5.41, 5.74) is 5.71. The lowest BCUT2D eigenvalue weighted by Crippen LogP contribution is -2.30. The van der Waals surface area contributed by atoms with Crippen molar-refractivity contribution in [1.82, 2.24) is 0 Å². The molecule has 0 aliphatic carbocycles. The lowest BCUT2D eigenvalue weighted by Gasteiger charge is -2.22. The van der Waals surface area contributed by atoms with Gasteiger partial charge in [0.2, 0.25) is 0 Å². The van der Waals surface area contributed by atoms with Gasteiger partial charge < -0.3 is 5.73 Å². The molecular weight excluding hydrogens is 234 g/mol. The number of hydrogen-bond acceptors (Lipinski definition) is 3. The molecule has 0 aromatic heterocycles. The number of sulfone groups is 1. The van der Waals surface area contributed by atoms with Gasteiger partial charge in [0.15, 0.2) is 9.84 Å². The molecule has 0 unspecified atom stereocenters. The zero-order chi connectivity index (χ0) is 11.9. The van der Waals surface area contributed by atoms with Crippen molar-refractivity contribution < 1.29 is 8.42 Å². The molecule has 3 nitrogen and oxygen atoms in total. The van der Waals surface area contributed by atoms with E-state index in [4.69, 9.17) is 17.3 Å². The van der Waals surface area contributed by atoms with Gasteiger partial charge in [0.1, 0.15) is 0 Å². The molecule has 0 radical (unpaired) electrons. The van der Waals surface area contributed by atoms with Gasteiger partial charge in [-0.15, -0.1) is 0 Å². The highest BCUT2D eigenvalue weighted by molar-refractivity contribution is 7.90. The van der Waals surface area contributed by atoms with Crippen molar-refractivity contribution in [2.45, 2.75) is 24.3 Å². The third-order valence-corrected chi connectivity index (χ3v) is 3.43. The van der Waals surface area contributed by atoms with Crippen LogP contribution in [0.5, 0.6) is 0 Å². The predicted octanol–water partition coefficient (Wildman–Crippen LogP) is 1.94. The molecule has 0 saturated heterocycles. The number of nitrogens with two attached hydrogens (primary N) is 1. The number of benzene rings is 1. The summed E-state index contributed by atoms with van der Waals surface area (Å²) < 4.78 is 23.0. The molecule has 0 aliphatic heterocycles. The standard InChI is InChI=1S/C10H14ClNO2S/c1-10(2,12)8-6-7(11)4-5-9(8)15(3,13)14/h4-6H,12H2,1-3H3. The predicted molar refractivity (Wildman–Crippen MR) is 61.8 cm³/mol. The van der Waals surface area contributed by atoms with Crippen molar-refractivity contribution in [3.8, 4) is 0 Å². The Labute approximate surface area is 95.2 Å². The average Bonchev–Trinajstić information content (AvgIpc) is 2.00. The van der Waals surface area contributed by atoms with E-state index in [-0.39, 0.29) is 4.90 Å². The third kappa shape index (κ3) is 2.93. The summed E-state index contributed by atoms with van der Waals surface area (Å²) in [6.45, 7) is 3.49. The molecule has 15 heavy (non-hydrogen) atoms. The minimum atomic E-state index is -3.27. The van der Waals surface area contributed by atoms with Crippen molar-refractivity contribution >= 4 is 21.4 Å². The number of halogens is 1. The number of rotatable bonds is 2. The quantitative estimate of drug-likeness (QED) is 0.869. The summed E-state index contributed by atoms with van der Waals surface area (Å²) in [5.74, 6) is 0. The Morgan fingerprint density at radius 2 is 1.87 bits per heavy atom. The van der Waals surface area contributed by atoms with Crippen LogP contribution >= 0.6 is 11.6 Å². The Morgan fingerprint density at radius 3 is 2.27 bits per heavy atom. The van der Waals surface area contributed by atoms with Gasteiger partial charge in [-0.25, -0.2) is 8.42 Å². The molecule has 1 rings (SSSR count). The van der Waals surface area contributed by atoms with Gasteiger partial charge in [0, 0.05) is 16.8 Å². The molecule has 0 heterocycles. The topological polar surface area (TPSA) is 60.2 Å². The largest absolute Gasteiger partial charge is 0.322 e. The van der Waals surface area contributed by atoms with Crippen molar-refractivity contribution in [2.75, 3.05) is 6.26 Å². The summed E-state index contributed by atoms with van der Waals surface area (Å²) in [5, 5.41) is 0.482. The Hall–Kier alpha value is -0.580. The van der Waals surface area contributed by atoms with E-state index in [9.17, 15) is 8.42 Å². The maximum absolute atomic E-state index is 11.5. The van der Waals surface area contributed by atoms with Crippen LogP contribution in [0, 0.1) is 0 Å². The monoisotopic (exact) mass is 247 g/mol. The van der Waals surface area contributed by atoms with Gasteiger partial charge in [-0.3, -0.25) is 0 Å². The maximum atomic E-state index is 11.5. The van der Waals surface area contributed by atoms with Gasteiger partial charge >= 0.3 is 0 Å². The van der Waals surface area contributed by atoms with E-state index < -0.39 is 15.4 Å². The van der Waals surface area contributed by atoms with Crippen LogP contribution in [-0.2, 0) is 15.4 Å². The van der Waals surface area contributed by atoms with Crippen LogP contribution in [0.4, 0.5) is 0 Å². The van der Waals surface area contributed by atoms with Gasteiger partial charge in [0.05, 0.1) is 4.90 Å². The maximum Gasteiger partial charge on any atom is 0.175 e. The van der Waals surface area contributed by atoms with E-state index >= 15 is 0 Å². The highest BCUT2D eigenvalue weighted by Gasteiger charge is 2.23. The molecule has 1 aromatic carbocycles. The van der Waals surface area contributed by atoms with Crippen molar-refractivity contribution in [3.05, 3.63) is 28.8 Å². The molecule has 0 bridgehead atoms. The summed E-state index contributed by atoms with van der Waals surface area (Å²) >= 11 is 5.82. The molecule has 1 aromatic rings. The Balaban J connectivity index is 3.55. The minimum Gasteiger partial charge on any atom is -0.322 e. The fourth-order valence-electron chi connectivity index (χ4n) is 1.33. The van der Waals surface area contributed by atoms with Gasteiger partial charge in [0.25, 0.3) is 0 Å². The molecular formula is C10H14ClNO2S. The first-order chi connectivity index (χ1) is 6.62. The van der Waals surface area contributed by atoms with Crippen LogP contribution in [0.15, 0.2) is 23.1 Å². The van der Waals surface area contributed by atoms with Gasteiger partial charge in [-0.05, 0) is 37.6 Å². The van der Waals surface area contributed by atoms with E-state index in [2.05, 4.69) is 0 Å². The Bertz CT molecular complexity index is 475. The van der Waals surface area contributed by atoms with E-state index in [1.807, 2.05) is 0 Å². The van der Waals surface area contributed by atoms with Crippen LogP contribution in [0.1, 0.15) is 19.4 Å². The first-order valence-electron chi connectivity index (χ1n) is 4.41. The highest BCUT2D eigenvalue weighted by atomic mass is 35.5. The lowest BCUT2D eigenvalue weighted by molar-refractivity contribution is 0.536. The minimum absolute atomic E-state index is 0.236. The fraction of sp³-hybridized carbons (Fsp3) is 0.400. The van der Waals surface area contributed by atoms with Crippen LogP contribution < -0.4 is 5.73 Å². The normalized spacial score (nSPS) is 12.9. The first kappa shape index (κ1) is 12.5. The zero-order valence-corrected chi connectivity index (χ0v) is 10.5. The van der Waals surface area contributed by atoms with Crippen molar-refractivity contribution in [2.24, 2.45) is 5.73 Å². The third-order valence-electron chi connectivity index (χ3n) is 2.04. The van der Waals surface area contributed by atoms with E-state index in [0.29, 0.717) is 10.6 Å². The van der Waals surface area contributed by atoms with Crippen molar-refractivity contribution in [3.63, 3.8) is 0 Å². The van der Waals surface area contributed by atoms with Crippen LogP contribution in [0.2, 0.25) is 5.02 Å². The second-order valence-corrected chi connectivity index (χ2v) is 6.55. The van der Waals surface area contributed by atoms with E-state index in [1.165, 1.54) is 6.07 Å². The summed E-state index contributed by atoms with van der Waals surface area (Å²) in [6, 6.07) is 4.63. The van der Waals surface area contributed by atoms with Gasteiger partial charge in [-0.2, -0.15) is 0 Å². The number of hydrogen-bond donors (Lipinski definition) is 1. The Kier molecular flexibility index (Phi) is 3.14. The van der Waals surface area contributed by atoms with E-state index in [1.54, 1.807) is 26.0 Å². The Morgan fingerprint density at radius 1 is 1.33 bits per heavy atom. The summed E-state index contributed by atoms with van der Waals surface area (Å²) in [7, 11) is -3.27. The molecule has 0 saturated carbocycles. The van der Waals surface area contributed by atoms with E-state index in [0.717, 1.165) is 6.26 Å². The van der Waals surface area contributed by atoms with Gasteiger partial charge in [-0.1, -0.05) is 11.6 Å². The van der Waals surface area contributed by atoms with Crippen LogP contribution in [0.25, 0.3) is 0 Å². The average molecular weight is 248 g/mol. The molecule has 0 fully saturated rings. The van der Waals surface area contributed by atoms with Crippen molar-refractivity contribution in [1.29, 1.82) is 0 Å². The molecule has 0 amide bonds. The molecule has 2 N–H and O–H groups in total. The molecule has 5 heteroatoms. The smallest absolute Gasteiger partial charge is 0.175 e. The highest BCUT2D eigenvalue weighted by Crippen LogP contribution is 2.28. The first-order valence-corrected chi connectivity index (χ1v) is 6.68. The molecule has 0 atom stereocenters. The molecule has 84 valence electrons. The van der Waals surface area contributed by atoms with Crippen LogP contribution in [-0.4, -0.2) is 14.7 Å². The second-order valence-electron chi connectivity index (χ2n) is 4.13. The molecule has 0 spiro atoms. The lowest BCUT2D eigenvalue weighted by atomic mass is 9.96. The fourth-order valence-corrected chi connectivity index (χ4v) is 2.54. The molecule has 0 aliphatic rings. The summed E-state index contributed by atoms with van der Waals surface area (Å²) in [4.78, 5) is 0.236. The SMILES string of the molecule is CC(C)(N)c1cc(Cl)ccc1S(C)(=O)=O. The zero-order valence-electron chi connectivity index (χ0n) is 8.91. The van der Waals surface area contributed by atoms with Crippen LogP contribution in [0.3, 0.4) is 0 Å². The summed E-state index contributed by atoms with van der Waals surface area (Å²) in [6.07, 6.45) is 1.16. The second kappa shape index (κ2) is 3.77.